The van der Waals surface area contributed by atoms with Gasteiger partial charge in [-0.3, -0.25) is 9.59 Å². The Kier molecular flexibility index (Phi) is 2.88. The number of benzene rings is 2. The third kappa shape index (κ3) is 1.66. The molecular formula is C16H14N2O2. The van der Waals surface area contributed by atoms with E-state index >= 15 is 0 Å². The molecule has 4 heteroatoms. The number of hydrogen-bond acceptors (Lipinski definition) is 3. The van der Waals surface area contributed by atoms with Gasteiger partial charge in [0, 0.05) is 6.54 Å². The van der Waals surface area contributed by atoms with Gasteiger partial charge in [-0.05, 0) is 36.2 Å². The smallest absolute Gasteiger partial charge is 0.266 e. The molecule has 100 valence electrons. The standard InChI is InChI=1S/C16H14N2O2/c1-10-5-4-8-14(13(10)9-17)18-15(19)11-6-2-3-7-12(11)16(18)20/h2-8H,9,17H2,1H3. The van der Waals surface area contributed by atoms with E-state index in [9.17, 15) is 9.59 Å². The van der Waals surface area contributed by atoms with E-state index < -0.39 is 0 Å². The average molecular weight is 266 g/mol. The Balaban J connectivity index is 2.17. The van der Waals surface area contributed by atoms with Crippen molar-refractivity contribution in [3.63, 3.8) is 0 Å². The maximum absolute atomic E-state index is 12.5. The number of carbonyl (C=O) groups excluding carboxylic acids is 2. The Morgan fingerprint density at radius 2 is 1.55 bits per heavy atom. The van der Waals surface area contributed by atoms with Gasteiger partial charge in [-0.25, -0.2) is 4.90 Å². The Morgan fingerprint density at radius 1 is 0.950 bits per heavy atom. The van der Waals surface area contributed by atoms with Crippen molar-refractivity contribution in [1.29, 1.82) is 0 Å². The minimum absolute atomic E-state index is 0.286. The molecule has 3 rings (SSSR count). The summed E-state index contributed by atoms with van der Waals surface area (Å²) in [7, 11) is 0. The number of amides is 2. The summed E-state index contributed by atoms with van der Waals surface area (Å²) in [6.45, 7) is 2.21. The van der Waals surface area contributed by atoms with Crippen molar-refractivity contribution in [2.75, 3.05) is 4.90 Å². The largest absolute Gasteiger partial charge is 0.326 e. The molecule has 0 atom stereocenters. The van der Waals surface area contributed by atoms with E-state index in [2.05, 4.69) is 0 Å². The number of imide groups is 1. The van der Waals surface area contributed by atoms with Crippen LogP contribution < -0.4 is 10.6 Å². The summed E-state index contributed by atoms with van der Waals surface area (Å²) < 4.78 is 0. The molecule has 1 aliphatic rings. The van der Waals surface area contributed by atoms with E-state index in [1.807, 2.05) is 19.1 Å². The van der Waals surface area contributed by atoms with Gasteiger partial charge in [-0.1, -0.05) is 24.3 Å². The zero-order chi connectivity index (χ0) is 14.3. The Morgan fingerprint density at radius 3 is 2.10 bits per heavy atom. The van der Waals surface area contributed by atoms with E-state index in [1.54, 1.807) is 30.3 Å². The predicted octanol–water partition coefficient (Wildman–Crippen LogP) is 2.25. The Hall–Kier alpha value is -2.46. The number of nitrogens with zero attached hydrogens (tertiary/aromatic N) is 1. The van der Waals surface area contributed by atoms with E-state index in [-0.39, 0.29) is 18.4 Å². The van der Waals surface area contributed by atoms with Crippen molar-refractivity contribution in [1.82, 2.24) is 0 Å². The fourth-order valence-electron chi connectivity index (χ4n) is 2.57. The third-order valence-corrected chi connectivity index (χ3v) is 3.62. The van der Waals surface area contributed by atoms with Crippen molar-refractivity contribution in [2.45, 2.75) is 13.5 Å². The maximum Gasteiger partial charge on any atom is 0.266 e. The molecule has 2 aromatic rings. The molecule has 0 aliphatic carbocycles. The highest BCUT2D eigenvalue weighted by Crippen LogP contribution is 2.31. The first-order valence-electron chi connectivity index (χ1n) is 6.41. The summed E-state index contributed by atoms with van der Waals surface area (Å²) in [6, 6.07) is 12.4. The molecule has 0 aromatic heterocycles. The molecule has 4 nitrogen and oxygen atoms in total. The first-order valence-corrected chi connectivity index (χ1v) is 6.41. The van der Waals surface area contributed by atoms with Gasteiger partial charge in [0.25, 0.3) is 11.8 Å². The van der Waals surface area contributed by atoms with Gasteiger partial charge in [-0.15, -0.1) is 0 Å². The number of carbonyl (C=O) groups is 2. The normalized spacial score (nSPS) is 13.8. The summed E-state index contributed by atoms with van der Waals surface area (Å²) in [6.07, 6.45) is 0. The Labute approximate surface area is 116 Å². The van der Waals surface area contributed by atoms with E-state index in [4.69, 9.17) is 5.73 Å². The summed E-state index contributed by atoms with van der Waals surface area (Å²) in [5.74, 6) is -0.572. The lowest BCUT2D eigenvalue weighted by Crippen LogP contribution is -2.30. The maximum atomic E-state index is 12.5. The molecule has 0 bridgehead atoms. The first-order chi connectivity index (χ1) is 9.65. The summed E-state index contributed by atoms with van der Waals surface area (Å²) in [5, 5.41) is 0. The lowest BCUT2D eigenvalue weighted by Gasteiger charge is -2.19. The van der Waals surface area contributed by atoms with Crippen molar-refractivity contribution < 1.29 is 9.59 Å². The lowest BCUT2D eigenvalue weighted by atomic mass is 10.1. The van der Waals surface area contributed by atoms with E-state index in [0.29, 0.717) is 16.8 Å². The van der Waals surface area contributed by atoms with Crippen LogP contribution in [0.15, 0.2) is 42.5 Å². The highest BCUT2D eigenvalue weighted by Gasteiger charge is 2.37. The number of hydrogen-bond donors (Lipinski definition) is 1. The molecule has 20 heavy (non-hydrogen) atoms. The highest BCUT2D eigenvalue weighted by molar-refractivity contribution is 6.34. The Bertz CT molecular complexity index is 687. The zero-order valence-electron chi connectivity index (χ0n) is 11.1. The topological polar surface area (TPSA) is 63.4 Å². The monoisotopic (exact) mass is 266 g/mol. The number of fused-ring (bicyclic) bond motifs is 1. The van der Waals surface area contributed by atoms with Crippen molar-refractivity contribution in [2.24, 2.45) is 5.73 Å². The second-order valence-corrected chi connectivity index (χ2v) is 4.77. The SMILES string of the molecule is Cc1cccc(N2C(=O)c3ccccc3C2=O)c1CN. The molecule has 0 radical (unpaired) electrons. The van der Waals surface area contributed by atoms with Crippen molar-refractivity contribution >= 4 is 17.5 Å². The fourth-order valence-corrected chi connectivity index (χ4v) is 2.57. The third-order valence-electron chi connectivity index (χ3n) is 3.62. The molecule has 0 saturated carbocycles. The van der Waals surface area contributed by atoms with Crippen LogP contribution in [0.25, 0.3) is 0 Å². The predicted molar refractivity (Wildman–Crippen MR) is 76.7 cm³/mol. The van der Waals surface area contributed by atoms with Crippen LogP contribution in [0.3, 0.4) is 0 Å². The molecule has 0 fully saturated rings. The molecule has 2 amide bonds. The summed E-state index contributed by atoms with van der Waals surface area (Å²) in [5.41, 5.74) is 9.04. The zero-order valence-corrected chi connectivity index (χ0v) is 11.1. The minimum atomic E-state index is -0.286. The van der Waals surface area contributed by atoms with Crippen LogP contribution in [-0.2, 0) is 6.54 Å². The highest BCUT2D eigenvalue weighted by atomic mass is 16.2. The number of anilines is 1. The summed E-state index contributed by atoms with van der Waals surface area (Å²) in [4.78, 5) is 26.1. The second kappa shape index (κ2) is 4.58. The number of aryl methyl sites for hydroxylation is 1. The van der Waals surface area contributed by atoms with Crippen molar-refractivity contribution in [3.05, 3.63) is 64.7 Å². The molecular weight excluding hydrogens is 252 g/mol. The van der Waals surface area contributed by atoms with Gasteiger partial charge in [0.2, 0.25) is 0 Å². The number of rotatable bonds is 2. The quantitative estimate of drug-likeness (QED) is 0.848. The average Bonchev–Trinajstić information content (AvgIpc) is 2.71. The van der Waals surface area contributed by atoms with Gasteiger partial charge >= 0.3 is 0 Å². The van der Waals surface area contributed by atoms with Crippen molar-refractivity contribution in [3.8, 4) is 0 Å². The van der Waals surface area contributed by atoms with Gasteiger partial charge in [0.15, 0.2) is 0 Å². The van der Waals surface area contributed by atoms with Crippen LogP contribution >= 0.6 is 0 Å². The molecule has 2 aromatic carbocycles. The van der Waals surface area contributed by atoms with Gasteiger partial charge < -0.3 is 5.73 Å². The molecule has 0 unspecified atom stereocenters. The second-order valence-electron chi connectivity index (χ2n) is 4.77. The minimum Gasteiger partial charge on any atom is -0.326 e. The molecule has 0 spiro atoms. The molecule has 1 aliphatic heterocycles. The van der Waals surface area contributed by atoms with Crippen LogP contribution in [0.5, 0.6) is 0 Å². The molecule has 1 heterocycles. The molecule has 2 N–H and O–H groups in total. The van der Waals surface area contributed by atoms with E-state index in [1.165, 1.54) is 4.90 Å². The van der Waals surface area contributed by atoms with Crippen LogP contribution in [0.2, 0.25) is 0 Å². The van der Waals surface area contributed by atoms with E-state index in [0.717, 1.165) is 11.1 Å². The van der Waals surface area contributed by atoms with Crippen LogP contribution in [0.1, 0.15) is 31.8 Å². The summed E-state index contributed by atoms with van der Waals surface area (Å²) >= 11 is 0. The van der Waals surface area contributed by atoms with Crippen LogP contribution in [0.4, 0.5) is 5.69 Å². The first kappa shape index (κ1) is 12.6. The fraction of sp³-hybridized carbons (Fsp3) is 0.125. The van der Waals surface area contributed by atoms with Crippen LogP contribution in [-0.4, -0.2) is 11.8 Å². The van der Waals surface area contributed by atoms with Gasteiger partial charge in [0.1, 0.15) is 0 Å². The molecule has 0 saturated heterocycles. The van der Waals surface area contributed by atoms with Gasteiger partial charge in [-0.2, -0.15) is 0 Å². The van der Waals surface area contributed by atoms with Crippen LogP contribution in [0, 0.1) is 6.92 Å². The number of nitrogens with two attached hydrogens (primary N) is 1. The lowest BCUT2D eigenvalue weighted by molar-refractivity contribution is 0.0926. The van der Waals surface area contributed by atoms with Gasteiger partial charge in [0.05, 0.1) is 16.8 Å².